The maximum atomic E-state index is 5.47. The van der Waals surface area contributed by atoms with Gasteiger partial charge in [-0.25, -0.2) is 0 Å². The van der Waals surface area contributed by atoms with Crippen LogP contribution in [-0.4, -0.2) is 21.8 Å². The highest BCUT2D eigenvalue weighted by molar-refractivity contribution is 7.98. The lowest BCUT2D eigenvalue weighted by Crippen LogP contribution is -2.31. The van der Waals surface area contributed by atoms with E-state index in [0.29, 0.717) is 0 Å². The second kappa shape index (κ2) is 5.26. The molecule has 74 valence electrons. The summed E-state index contributed by atoms with van der Waals surface area (Å²) in [5.41, 5.74) is 3.95. The molecule has 1 heterocycles. The van der Waals surface area contributed by atoms with Crippen molar-refractivity contribution < 1.29 is 0 Å². The van der Waals surface area contributed by atoms with Crippen molar-refractivity contribution in [2.75, 3.05) is 12.0 Å². The maximum absolute atomic E-state index is 5.47. The molecular weight excluding hydrogens is 184 g/mol. The normalized spacial score (nSPS) is 13.2. The molecule has 1 aromatic rings. The molecule has 4 nitrogen and oxygen atoms in total. The Morgan fingerprint density at radius 3 is 3.08 bits per heavy atom. The van der Waals surface area contributed by atoms with Crippen molar-refractivity contribution in [1.29, 1.82) is 0 Å². The Balaban J connectivity index is 2.77. The zero-order valence-corrected chi connectivity index (χ0v) is 8.84. The molecule has 3 N–H and O–H groups in total. The minimum absolute atomic E-state index is 0.192. The molecule has 13 heavy (non-hydrogen) atoms. The Morgan fingerprint density at radius 1 is 1.77 bits per heavy atom. The highest BCUT2D eigenvalue weighted by atomic mass is 32.2. The lowest BCUT2D eigenvalue weighted by Gasteiger charge is -2.15. The number of hydrazine groups is 1. The number of thioether (sulfide) groups is 1. The van der Waals surface area contributed by atoms with E-state index in [2.05, 4.69) is 23.7 Å². The van der Waals surface area contributed by atoms with Crippen molar-refractivity contribution in [3.63, 3.8) is 0 Å². The van der Waals surface area contributed by atoms with Crippen LogP contribution >= 0.6 is 11.8 Å². The van der Waals surface area contributed by atoms with E-state index in [1.54, 1.807) is 11.8 Å². The molecular formula is C8H16N4S. The van der Waals surface area contributed by atoms with Crippen LogP contribution < -0.4 is 11.3 Å². The van der Waals surface area contributed by atoms with E-state index in [9.17, 15) is 0 Å². The lowest BCUT2D eigenvalue weighted by molar-refractivity contribution is 0.528. The number of aryl methyl sites for hydroxylation is 1. The van der Waals surface area contributed by atoms with Crippen LogP contribution in [0.15, 0.2) is 12.3 Å². The fraction of sp³-hybridized carbons (Fsp3) is 0.625. The zero-order chi connectivity index (χ0) is 9.68. The van der Waals surface area contributed by atoms with E-state index < -0.39 is 0 Å². The number of rotatable bonds is 5. The highest BCUT2D eigenvalue weighted by Gasteiger charge is 2.12. The number of aromatic nitrogens is 2. The van der Waals surface area contributed by atoms with Crippen LogP contribution in [0.2, 0.25) is 0 Å². The SMILES string of the molecule is CCn1nccc1C(CSC)NN. The molecule has 1 aromatic heterocycles. The zero-order valence-electron chi connectivity index (χ0n) is 8.03. The summed E-state index contributed by atoms with van der Waals surface area (Å²) in [6.45, 7) is 2.96. The van der Waals surface area contributed by atoms with Crippen LogP contribution in [0.5, 0.6) is 0 Å². The topological polar surface area (TPSA) is 55.9 Å². The highest BCUT2D eigenvalue weighted by Crippen LogP contribution is 2.15. The molecule has 0 aliphatic rings. The molecule has 0 saturated carbocycles. The maximum Gasteiger partial charge on any atom is 0.0719 e. The quantitative estimate of drug-likeness (QED) is 0.544. The molecule has 0 aromatic carbocycles. The summed E-state index contributed by atoms with van der Waals surface area (Å²) < 4.78 is 1.96. The fourth-order valence-electron chi connectivity index (χ4n) is 1.29. The van der Waals surface area contributed by atoms with Crippen LogP contribution in [0.25, 0.3) is 0 Å². The van der Waals surface area contributed by atoms with Crippen molar-refractivity contribution >= 4 is 11.8 Å². The van der Waals surface area contributed by atoms with Crippen molar-refractivity contribution in [2.45, 2.75) is 19.5 Å². The minimum Gasteiger partial charge on any atom is -0.271 e. The molecule has 0 saturated heterocycles. The fourth-order valence-corrected chi connectivity index (χ4v) is 1.89. The predicted octanol–water partition coefficient (Wildman–Crippen LogP) is 0.770. The summed E-state index contributed by atoms with van der Waals surface area (Å²) in [4.78, 5) is 0. The van der Waals surface area contributed by atoms with Crippen LogP contribution in [0.3, 0.4) is 0 Å². The number of nitrogens with one attached hydrogen (secondary N) is 1. The summed E-state index contributed by atoms with van der Waals surface area (Å²) in [5.74, 6) is 6.43. The number of hydrogen-bond donors (Lipinski definition) is 2. The van der Waals surface area contributed by atoms with Gasteiger partial charge in [0.25, 0.3) is 0 Å². The van der Waals surface area contributed by atoms with Gasteiger partial charge in [-0.15, -0.1) is 0 Å². The van der Waals surface area contributed by atoms with Gasteiger partial charge in [0.2, 0.25) is 0 Å². The van der Waals surface area contributed by atoms with Crippen LogP contribution in [-0.2, 0) is 6.54 Å². The van der Waals surface area contributed by atoms with E-state index in [4.69, 9.17) is 5.84 Å². The molecule has 1 unspecified atom stereocenters. The second-order valence-corrected chi connectivity index (χ2v) is 3.66. The standard InChI is InChI=1S/C8H16N4S/c1-3-12-8(4-5-10-12)7(11-9)6-13-2/h4-5,7,11H,3,6,9H2,1-2H3. The van der Waals surface area contributed by atoms with Crippen LogP contribution in [0, 0.1) is 0 Å². The van der Waals surface area contributed by atoms with E-state index in [1.165, 1.54) is 0 Å². The van der Waals surface area contributed by atoms with Gasteiger partial charge in [-0.1, -0.05) is 0 Å². The third-order valence-corrected chi connectivity index (χ3v) is 2.61. The Hall–Kier alpha value is -0.520. The smallest absolute Gasteiger partial charge is 0.0719 e. The average molecular weight is 200 g/mol. The Labute approximate surface area is 82.8 Å². The molecule has 1 rings (SSSR count). The second-order valence-electron chi connectivity index (χ2n) is 2.75. The summed E-state index contributed by atoms with van der Waals surface area (Å²) in [7, 11) is 0. The van der Waals surface area contributed by atoms with Gasteiger partial charge in [-0.3, -0.25) is 16.0 Å². The summed E-state index contributed by atoms with van der Waals surface area (Å²) in [6, 6.07) is 2.20. The first-order chi connectivity index (χ1) is 6.33. The molecule has 0 radical (unpaired) electrons. The molecule has 0 fully saturated rings. The van der Waals surface area contributed by atoms with Gasteiger partial charge in [-0.2, -0.15) is 16.9 Å². The first-order valence-corrected chi connectivity index (χ1v) is 5.69. The van der Waals surface area contributed by atoms with E-state index in [0.717, 1.165) is 18.0 Å². The third-order valence-electron chi connectivity index (χ3n) is 1.94. The first-order valence-electron chi connectivity index (χ1n) is 4.30. The summed E-state index contributed by atoms with van der Waals surface area (Å²) in [5, 5.41) is 4.20. The van der Waals surface area contributed by atoms with Gasteiger partial charge >= 0.3 is 0 Å². The number of hydrogen-bond acceptors (Lipinski definition) is 4. The van der Waals surface area contributed by atoms with Crippen molar-refractivity contribution in [3.05, 3.63) is 18.0 Å². The molecule has 0 aliphatic heterocycles. The van der Waals surface area contributed by atoms with Crippen LogP contribution in [0.1, 0.15) is 18.7 Å². The van der Waals surface area contributed by atoms with Gasteiger partial charge in [-0.05, 0) is 19.2 Å². The lowest BCUT2D eigenvalue weighted by atomic mass is 10.2. The van der Waals surface area contributed by atoms with Crippen molar-refractivity contribution in [2.24, 2.45) is 5.84 Å². The summed E-state index contributed by atoms with van der Waals surface area (Å²) >= 11 is 1.77. The molecule has 0 aliphatic carbocycles. The number of nitrogens with two attached hydrogens (primary N) is 1. The molecule has 0 spiro atoms. The molecule has 5 heteroatoms. The van der Waals surface area contributed by atoms with Gasteiger partial charge in [0.15, 0.2) is 0 Å². The summed E-state index contributed by atoms with van der Waals surface area (Å²) in [6.07, 6.45) is 3.88. The van der Waals surface area contributed by atoms with Crippen LogP contribution in [0.4, 0.5) is 0 Å². The first kappa shape index (κ1) is 10.6. The Morgan fingerprint density at radius 2 is 2.54 bits per heavy atom. The van der Waals surface area contributed by atoms with Crippen molar-refractivity contribution in [1.82, 2.24) is 15.2 Å². The van der Waals surface area contributed by atoms with Gasteiger partial charge in [0.05, 0.1) is 11.7 Å². The van der Waals surface area contributed by atoms with Gasteiger partial charge < -0.3 is 0 Å². The monoisotopic (exact) mass is 200 g/mol. The minimum atomic E-state index is 0.192. The molecule has 0 amide bonds. The third kappa shape index (κ3) is 2.46. The Kier molecular flexibility index (Phi) is 4.27. The van der Waals surface area contributed by atoms with Gasteiger partial charge in [0, 0.05) is 18.5 Å². The van der Waals surface area contributed by atoms with E-state index in [1.807, 2.05) is 16.9 Å². The van der Waals surface area contributed by atoms with E-state index >= 15 is 0 Å². The average Bonchev–Trinajstić information content (AvgIpc) is 2.61. The van der Waals surface area contributed by atoms with E-state index in [-0.39, 0.29) is 6.04 Å². The molecule has 1 atom stereocenters. The number of nitrogens with zero attached hydrogens (tertiary/aromatic N) is 2. The molecule has 0 bridgehead atoms. The van der Waals surface area contributed by atoms with Gasteiger partial charge in [0.1, 0.15) is 0 Å². The Bertz CT molecular complexity index is 248. The largest absolute Gasteiger partial charge is 0.271 e. The van der Waals surface area contributed by atoms with Crippen molar-refractivity contribution in [3.8, 4) is 0 Å². The predicted molar refractivity (Wildman–Crippen MR) is 56.3 cm³/mol.